The van der Waals surface area contributed by atoms with Crippen LogP contribution in [-0.4, -0.2) is 26.8 Å². The normalized spacial score (nSPS) is 17.4. The molecule has 1 aliphatic rings. The third kappa shape index (κ3) is 3.88. The van der Waals surface area contributed by atoms with E-state index in [1.807, 2.05) is 48.5 Å². The second-order valence-corrected chi connectivity index (χ2v) is 10.4. The summed E-state index contributed by atoms with van der Waals surface area (Å²) in [7, 11) is 0. The molecule has 0 radical (unpaired) electrons. The van der Waals surface area contributed by atoms with Gasteiger partial charge in [0.1, 0.15) is 11.8 Å². The lowest BCUT2D eigenvalue weighted by atomic mass is 9.97. The zero-order chi connectivity index (χ0) is 25.7. The van der Waals surface area contributed by atoms with Crippen molar-refractivity contribution in [2.24, 2.45) is 0 Å². The number of aliphatic hydroxyl groups excluding tert-OH is 1. The zero-order valence-corrected chi connectivity index (χ0v) is 21.1. The molecule has 6 nitrogen and oxygen atoms in total. The summed E-state index contributed by atoms with van der Waals surface area (Å²) in [5, 5.41) is 13.8. The van der Waals surface area contributed by atoms with Gasteiger partial charge < -0.3 is 5.11 Å². The van der Waals surface area contributed by atoms with Crippen molar-refractivity contribution in [2.45, 2.75) is 25.8 Å². The van der Waals surface area contributed by atoms with Crippen molar-refractivity contribution in [3.05, 3.63) is 107 Å². The van der Waals surface area contributed by atoms with E-state index in [0.29, 0.717) is 22.3 Å². The highest BCUT2D eigenvalue weighted by Crippen LogP contribution is 2.44. The number of hydrogen-bond donors (Lipinski definition) is 1. The minimum atomic E-state index is -0.905. The van der Waals surface area contributed by atoms with E-state index in [1.54, 1.807) is 30.5 Å². The van der Waals surface area contributed by atoms with Gasteiger partial charge >= 0.3 is 5.91 Å². The van der Waals surface area contributed by atoms with Gasteiger partial charge in [0.25, 0.3) is 5.78 Å². The molecule has 1 fully saturated rings. The summed E-state index contributed by atoms with van der Waals surface area (Å²) < 4.78 is 0.928. The summed E-state index contributed by atoms with van der Waals surface area (Å²) in [4.78, 5) is 37.5. The minimum absolute atomic E-state index is 0.00102. The van der Waals surface area contributed by atoms with Gasteiger partial charge in [-0.15, -0.1) is 0 Å². The molecule has 0 saturated carbocycles. The van der Waals surface area contributed by atoms with Crippen LogP contribution in [0.15, 0.2) is 90.6 Å². The second-order valence-electron chi connectivity index (χ2n) is 9.36. The number of nitrogens with zero attached hydrogens (tertiary/aromatic N) is 3. The Balaban J connectivity index is 1.54. The number of aromatic nitrogens is 2. The van der Waals surface area contributed by atoms with E-state index in [0.717, 1.165) is 21.0 Å². The highest BCUT2D eigenvalue weighted by molar-refractivity contribution is 7.22. The number of hydrogen-bond acceptors (Lipinski definition) is 6. The van der Waals surface area contributed by atoms with Crippen LogP contribution in [0.2, 0.25) is 0 Å². The average Bonchev–Trinajstić information content (AvgIpc) is 3.46. The van der Waals surface area contributed by atoms with Crippen LogP contribution < -0.4 is 4.90 Å². The summed E-state index contributed by atoms with van der Waals surface area (Å²) in [6, 6.07) is 23.7. The quantitative estimate of drug-likeness (QED) is 0.169. The predicted molar refractivity (Wildman–Crippen MR) is 147 cm³/mol. The van der Waals surface area contributed by atoms with Gasteiger partial charge in [-0.3, -0.25) is 19.5 Å². The predicted octanol–water partition coefficient (Wildman–Crippen LogP) is 6.59. The van der Waals surface area contributed by atoms with E-state index in [4.69, 9.17) is 4.98 Å². The van der Waals surface area contributed by atoms with E-state index in [2.05, 4.69) is 24.9 Å². The van der Waals surface area contributed by atoms with Crippen LogP contribution in [0.1, 0.15) is 42.6 Å². The molecule has 1 saturated heterocycles. The Morgan fingerprint density at radius 3 is 2.49 bits per heavy atom. The molecule has 6 rings (SSSR count). The molecule has 182 valence electrons. The van der Waals surface area contributed by atoms with E-state index in [1.165, 1.54) is 21.8 Å². The maximum atomic E-state index is 13.5. The molecule has 1 aliphatic heterocycles. The Morgan fingerprint density at radius 1 is 0.946 bits per heavy atom. The molecule has 5 aromatic rings. The van der Waals surface area contributed by atoms with E-state index in [9.17, 15) is 14.7 Å². The largest absolute Gasteiger partial charge is 0.507 e. The summed E-state index contributed by atoms with van der Waals surface area (Å²) in [5.41, 5.74) is 2.86. The molecule has 0 bridgehead atoms. The van der Waals surface area contributed by atoms with Gasteiger partial charge in [0, 0.05) is 11.8 Å². The van der Waals surface area contributed by atoms with Crippen LogP contribution in [0.5, 0.6) is 0 Å². The molecule has 37 heavy (non-hydrogen) atoms. The van der Waals surface area contributed by atoms with E-state index >= 15 is 0 Å². The Kier molecular flexibility index (Phi) is 5.57. The van der Waals surface area contributed by atoms with Crippen LogP contribution in [0.3, 0.4) is 0 Å². The number of anilines is 1. The van der Waals surface area contributed by atoms with Crippen molar-refractivity contribution in [3.8, 4) is 0 Å². The van der Waals surface area contributed by atoms with Crippen molar-refractivity contribution in [3.63, 3.8) is 0 Å². The molecule has 3 aromatic carbocycles. The lowest BCUT2D eigenvalue weighted by molar-refractivity contribution is -0.132. The molecule has 1 amide bonds. The highest BCUT2D eigenvalue weighted by Gasteiger charge is 2.48. The van der Waals surface area contributed by atoms with Crippen molar-refractivity contribution in [2.75, 3.05) is 4.90 Å². The minimum Gasteiger partial charge on any atom is -0.507 e. The topological polar surface area (TPSA) is 83.4 Å². The van der Waals surface area contributed by atoms with Crippen LogP contribution in [0.4, 0.5) is 5.13 Å². The summed E-state index contributed by atoms with van der Waals surface area (Å²) in [6.07, 6.45) is 1.61. The van der Waals surface area contributed by atoms with Gasteiger partial charge in [-0.2, -0.15) is 0 Å². The summed E-state index contributed by atoms with van der Waals surface area (Å²) in [5.74, 6) is -1.38. The number of rotatable bonds is 4. The number of thiazole rings is 1. The van der Waals surface area contributed by atoms with Gasteiger partial charge in [-0.1, -0.05) is 73.7 Å². The van der Waals surface area contributed by atoms with E-state index < -0.39 is 17.7 Å². The molecule has 7 heteroatoms. The number of fused-ring (bicyclic) bond motifs is 2. The number of carbonyl (C=O) groups excluding carboxylic acids is 2. The van der Waals surface area contributed by atoms with Crippen LogP contribution in [-0.2, 0) is 9.59 Å². The SMILES string of the molecule is CC(C)c1ccc2nc(N3C(=O)C(=O)/C(=C(/O)c4ccc5ccccc5c4)C3c3ccccn3)sc2c1. The van der Waals surface area contributed by atoms with Crippen LogP contribution >= 0.6 is 11.3 Å². The third-order valence-electron chi connectivity index (χ3n) is 6.71. The Labute approximate surface area is 217 Å². The fourth-order valence-electron chi connectivity index (χ4n) is 4.73. The molecule has 0 aliphatic carbocycles. The molecule has 1 N–H and O–H groups in total. The maximum Gasteiger partial charge on any atom is 0.301 e. The van der Waals surface area contributed by atoms with Crippen molar-refractivity contribution < 1.29 is 14.7 Å². The smallest absolute Gasteiger partial charge is 0.301 e. The number of aliphatic hydroxyl groups is 1. The molecule has 2 aromatic heterocycles. The lowest BCUT2D eigenvalue weighted by Gasteiger charge is -2.22. The van der Waals surface area contributed by atoms with E-state index in [-0.39, 0.29) is 11.3 Å². The highest BCUT2D eigenvalue weighted by atomic mass is 32.1. The summed E-state index contributed by atoms with van der Waals surface area (Å²) >= 11 is 1.35. The van der Waals surface area contributed by atoms with Crippen molar-refractivity contribution in [1.29, 1.82) is 0 Å². The third-order valence-corrected chi connectivity index (χ3v) is 7.73. The molecule has 3 heterocycles. The lowest BCUT2D eigenvalue weighted by Crippen LogP contribution is -2.29. The average molecular weight is 506 g/mol. The molecule has 1 atom stereocenters. The zero-order valence-electron chi connectivity index (χ0n) is 20.3. The molecule has 0 spiro atoms. The first kappa shape index (κ1) is 23.1. The Morgan fingerprint density at radius 2 is 1.73 bits per heavy atom. The van der Waals surface area contributed by atoms with Crippen LogP contribution in [0, 0.1) is 0 Å². The molecular weight excluding hydrogens is 482 g/mol. The van der Waals surface area contributed by atoms with Gasteiger partial charge in [-0.25, -0.2) is 4.98 Å². The first-order chi connectivity index (χ1) is 17.9. The summed E-state index contributed by atoms with van der Waals surface area (Å²) in [6.45, 7) is 4.24. The maximum absolute atomic E-state index is 13.5. The van der Waals surface area contributed by atoms with Crippen LogP contribution in [0.25, 0.3) is 26.7 Å². The number of benzene rings is 3. The number of carbonyl (C=O) groups is 2. The van der Waals surface area contributed by atoms with Crippen molar-refractivity contribution >= 4 is 54.9 Å². The second kappa shape index (κ2) is 8.94. The van der Waals surface area contributed by atoms with Crippen molar-refractivity contribution in [1.82, 2.24) is 9.97 Å². The first-order valence-corrected chi connectivity index (χ1v) is 12.9. The van der Waals surface area contributed by atoms with Gasteiger partial charge in [0.15, 0.2) is 5.13 Å². The molecule has 1 unspecified atom stereocenters. The Bertz CT molecular complexity index is 1720. The monoisotopic (exact) mass is 505 g/mol. The number of amides is 1. The fourth-order valence-corrected chi connectivity index (χ4v) is 5.77. The first-order valence-electron chi connectivity index (χ1n) is 12.0. The van der Waals surface area contributed by atoms with Gasteiger partial charge in [0.2, 0.25) is 0 Å². The standard InChI is InChI=1S/C30H23N3O3S/c1-17(2)19-12-13-22-24(16-19)37-30(32-22)33-26(23-9-5-6-14-31-23)25(28(35)29(33)36)27(34)21-11-10-18-7-3-4-8-20(18)15-21/h3-17,26,34H,1-2H3/b27-25+. The number of pyridine rings is 1. The fraction of sp³-hybridized carbons (Fsp3) is 0.133. The Hall–Kier alpha value is -4.36. The van der Waals surface area contributed by atoms with Gasteiger partial charge in [-0.05, 0) is 52.6 Å². The number of Topliss-reactive ketones (excluding diaryl/α,β-unsaturated/α-hetero) is 1. The molecular formula is C30H23N3O3S. The van der Waals surface area contributed by atoms with Gasteiger partial charge in [0.05, 0.1) is 21.5 Å². The number of ketones is 1.